The first-order chi connectivity index (χ1) is 9.40. The number of aromatic nitrogens is 3. The van der Waals surface area contributed by atoms with Gasteiger partial charge in [0.1, 0.15) is 11.8 Å². The summed E-state index contributed by atoms with van der Waals surface area (Å²) in [5.74, 6) is -1.06. The quantitative estimate of drug-likeness (QED) is 0.675. The Morgan fingerprint density at radius 1 is 1.50 bits per heavy atom. The van der Waals surface area contributed by atoms with Gasteiger partial charge in [-0.2, -0.15) is 5.10 Å². The van der Waals surface area contributed by atoms with E-state index in [4.69, 9.17) is 5.11 Å². The predicted molar refractivity (Wildman–Crippen MR) is 69.1 cm³/mol. The number of hydrogen-bond acceptors (Lipinski definition) is 5. The smallest absolute Gasteiger partial charge is 0.339 e. The number of carboxylic acids is 1. The standard InChI is InChI=1S/C12H12N4O4/c1-7(2)10-3-4-15(14-10)11-9(12(17)18)5-8(6-13-11)16(19)20/h3-7H,1-2H3,(H,17,18). The maximum Gasteiger partial charge on any atom is 0.339 e. The summed E-state index contributed by atoms with van der Waals surface area (Å²) in [6, 6.07) is 2.72. The van der Waals surface area contributed by atoms with Crippen molar-refractivity contribution in [3.05, 3.63) is 45.9 Å². The lowest BCUT2D eigenvalue weighted by atomic mass is 10.1. The van der Waals surface area contributed by atoms with E-state index in [1.54, 1.807) is 12.3 Å². The van der Waals surface area contributed by atoms with Crippen molar-refractivity contribution in [2.45, 2.75) is 19.8 Å². The van der Waals surface area contributed by atoms with Gasteiger partial charge in [0.25, 0.3) is 5.69 Å². The number of aromatic carboxylic acids is 1. The molecule has 20 heavy (non-hydrogen) atoms. The van der Waals surface area contributed by atoms with Crippen LogP contribution in [0, 0.1) is 10.1 Å². The van der Waals surface area contributed by atoms with Gasteiger partial charge in [-0.3, -0.25) is 10.1 Å². The Labute approximate surface area is 113 Å². The molecule has 0 amide bonds. The molecule has 2 heterocycles. The molecule has 0 fully saturated rings. The van der Waals surface area contributed by atoms with E-state index >= 15 is 0 Å². The minimum Gasteiger partial charge on any atom is -0.478 e. The summed E-state index contributed by atoms with van der Waals surface area (Å²) in [5, 5.41) is 24.0. The third-order valence-electron chi connectivity index (χ3n) is 2.71. The second kappa shape index (κ2) is 5.08. The predicted octanol–water partition coefficient (Wildman–Crippen LogP) is 2.00. The summed E-state index contributed by atoms with van der Waals surface area (Å²) >= 11 is 0. The van der Waals surface area contributed by atoms with E-state index in [9.17, 15) is 14.9 Å². The molecule has 0 radical (unpaired) electrons. The van der Waals surface area contributed by atoms with Gasteiger partial charge in [-0.1, -0.05) is 13.8 Å². The van der Waals surface area contributed by atoms with Gasteiger partial charge in [-0.15, -0.1) is 0 Å². The van der Waals surface area contributed by atoms with Gasteiger partial charge < -0.3 is 5.11 Å². The van der Waals surface area contributed by atoms with Crippen molar-refractivity contribution in [3.8, 4) is 5.82 Å². The SMILES string of the molecule is CC(C)c1ccn(-c2ncc([N+](=O)[O-])cc2C(=O)O)n1. The lowest BCUT2D eigenvalue weighted by molar-refractivity contribution is -0.385. The average Bonchev–Trinajstić information content (AvgIpc) is 2.87. The minimum atomic E-state index is -1.29. The first kappa shape index (κ1) is 13.7. The average molecular weight is 276 g/mol. The highest BCUT2D eigenvalue weighted by molar-refractivity contribution is 5.91. The van der Waals surface area contributed by atoms with Crippen molar-refractivity contribution in [1.82, 2.24) is 14.8 Å². The maximum absolute atomic E-state index is 11.2. The topological polar surface area (TPSA) is 111 Å². The van der Waals surface area contributed by atoms with Crippen LogP contribution in [-0.2, 0) is 0 Å². The molecule has 0 saturated carbocycles. The third-order valence-corrected chi connectivity index (χ3v) is 2.71. The van der Waals surface area contributed by atoms with Gasteiger partial charge in [0.05, 0.1) is 10.6 Å². The number of nitro groups is 1. The van der Waals surface area contributed by atoms with Crippen molar-refractivity contribution >= 4 is 11.7 Å². The van der Waals surface area contributed by atoms with E-state index < -0.39 is 10.9 Å². The first-order valence-electron chi connectivity index (χ1n) is 5.84. The van der Waals surface area contributed by atoms with Crippen LogP contribution >= 0.6 is 0 Å². The van der Waals surface area contributed by atoms with Crippen LogP contribution in [0.3, 0.4) is 0 Å². The minimum absolute atomic E-state index is 0.0509. The van der Waals surface area contributed by atoms with Gasteiger partial charge in [-0.05, 0) is 12.0 Å². The zero-order valence-electron chi connectivity index (χ0n) is 10.8. The van der Waals surface area contributed by atoms with Crippen LogP contribution in [-0.4, -0.2) is 30.8 Å². The van der Waals surface area contributed by atoms with Crippen molar-refractivity contribution in [2.75, 3.05) is 0 Å². The molecule has 0 aliphatic carbocycles. The Kier molecular flexibility index (Phi) is 3.47. The summed E-state index contributed by atoms with van der Waals surface area (Å²) < 4.78 is 1.31. The van der Waals surface area contributed by atoms with Crippen LogP contribution in [0.25, 0.3) is 5.82 Å². The Morgan fingerprint density at radius 3 is 2.70 bits per heavy atom. The molecule has 0 bridgehead atoms. The fourth-order valence-electron chi connectivity index (χ4n) is 1.65. The fourth-order valence-corrected chi connectivity index (χ4v) is 1.65. The maximum atomic E-state index is 11.2. The van der Waals surface area contributed by atoms with Gasteiger partial charge in [0.2, 0.25) is 0 Å². The monoisotopic (exact) mass is 276 g/mol. The third kappa shape index (κ3) is 2.48. The van der Waals surface area contributed by atoms with Crippen LogP contribution in [0.1, 0.15) is 35.8 Å². The number of carbonyl (C=O) groups is 1. The lowest BCUT2D eigenvalue weighted by Gasteiger charge is -2.05. The van der Waals surface area contributed by atoms with Gasteiger partial charge in [0, 0.05) is 12.3 Å². The van der Waals surface area contributed by atoms with Crippen molar-refractivity contribution in [2.24, 2.45) is 0 Å². The van der Waals surface area contributed by atoms with E-state index in [1.165, 1.54) is 4.68 Å². The van der Waals surface area contributed by atoms with Crippen LogP contribution < -0.4 is 0 Å². The van der Waals surface area contributed by atoms with Crippen LogP contribution in [0.15, 0.2) is 24.5 Å². The van der Waals surface area contributed by atoms with Gasteiger partial charge in [-0.25, -0.2) is 14.5 Å². The number of nitrogens with zero attached hydrogens (tertiary/aromatic N) is 4. The van der Waals surface area contributed by atoms with Gasteiger partial charge >= 0.3 is 5.97 Å². The molecule has 0 aromatic carbocycles. The molecule has 0 aliphatic rings. The van der Waals surface area contributed by atoms with E-state index in [1.807, 2.05) is 13.8 Å². The summed E-state index contributed by atoms with van der Waals surface area (Å²) in [6.07, 6.45) is 2.59. The number of carboxylic acid groups (broad SMARTS) is 1. The zero-order chi connectivity index (χ0) is 14.9. The molecule has 0 aliphatic heterocycles. The molecule has 8 heteroatoms. The summed E-state index contributed by atoms with van der Waals surface area (Å²) in [4.78, 5) is 25.0. The molecule has 0 atom stereocenters. The van der Waals surface area contributed by atoms with E-state index in [0.717, 1.165) is 18.0 Å². The highest BCUT2D eigenvalue weighted by Crippen LogP contribution is 2.19. The molecule has 1 N–H and O–H groups in total. The fraction of sp³-hybridized carbons (Fsp3) is 0.250. The van der Waals surface area contributed by atoms with Crippen LogP contribution in [0.2, 0.25) is 0 Å². The van der Waals surface area contributed by atoms with Gasteiger partial charge in [0.15, 0.2) is 5.82 Å². The van der Waals surface area contributed by atoms with E-state index in [0.29, 0.717) is 0 Å². The highest BCUT2D eigenvalue weighted by Gasteiger charge is 2.19. The van der Waals surface area contributed by atoms with Crippen molar-refractivity contribution in [1.29, 1.82) is 0 Å². The van der Waals surface area contributed by atoms with Crippen molar-refractivity contribution in [3.63, 3.8) is 0 Å². The molecule has 0 saturated heterocycles. The van der Waals surface area contributed by atoms with Crippen LogP contribution in [0.5, 0.6) is 0 Å². The first-order valence-corrected chi connectivity index (χ1v) is 5.84. The lowest BCUT2D eigenvalue weighted by Crippen LogP contribution is -2.09. The number of pyridine rings is 1. The highest BCUT2D eigenvalue weighted by atomic mass is 16.6. The van der Waals surface area contributed by atoms with Crippen LogP contribution in [0.4, 0.5) is 5.69 Å². The molecule has 0 spiro atoms. The molecule has 2 aromatic rings. The molecular weight excluding hydrogens is 264 g/mol. The Bertz CT molecular complexity index is 678. The molecule has 2 rings (SSSR count). The summed E-state index contributed by atoms with van der Waals surface area (Å²) in [5.41, 5.74) is 0.140. The Balaban J connectivity index is 2.55. The zero-order valence-corrected chi connectivity index (χ0v) is 10.8. The second-order valence-electron chi connectivity index (χ2n) is 4.47. The van der Waals surface area contributed by atoms with Crippen molar-refractivity contribution < 1.29 is 14.8 Å². The molecular formula is C12H12N4O4. The summed E-state index contributed by atoms with van der Waals surface area (Å²) in [6.45, 7) is 3.90. The molecule has 8 nitrogen and oxygen atoms in total. The molecule has 0 unspecified atom stereocenters. The van der Waals surface area contributed by atoms with E-state index in [2.05, 4.69) is 10.1 Å². The Hall–Kier alpha value is -2.77. The second-order valence-corrected chi connectivity index (χ2v) is 4.47. The normalized spacial score (nSPS) is 10.8. The summed E-state index contributed by atoms with van der Waals surface area (Å²) in [7, 11) is 0. The molecule has 2 aromatic heterocycles. The number of hydrogen-bond donors (Lipinski definition) is 1. The largest absolute Gasteiger partial charge is 0.478 e. The number of rotatable bonds is 4. The van der Waals surface area contributed by atoms with E-state index in [-0.39, 0.29) is 23.0 Å². The molecule has 104 valence electrons. The Morgan fingerprint density at radius 2 is 2.20 bits per heavy atom.